The van der Waals surface area contributed by atoms with Gasteiger partial charge < -0.3 is 19.9 Å². The Kier molecular flexibility index (Phi) is 6.23. The zero-order valence-corrected chi connectivity index (χ0v) is 15.7. The summed E-state index contributed by atoms with van der Waals surface area (Å²) in [5, 5.41) is 3.80. The molecule has 5 nitrogen and oxygen atoms in total. The third-order valence-electron chi connectivity index (χ3n) is 4.57. The van der Waals surface area contributed by atoms with Gasteiger partial charge in [0, 0.05) is 50.5 Å². The standard InChI is InChI=1S/C20H24ClN3O2/c1-26-19-8-7-16(15-18(19)21)22-10-9-20(25)24-13-11-23(12-14-24)17-5-3-2-4-6-17/h2-8,15,22H,9-14H2,1H3. The number of ether oxygens (including phenoxy) is 1. The summed E-state index contributed by atoms with van der Waals surface area (Å²) in [7, 11) is 1.59. The number of carbonyl (C=O) groups is 1. The average Bonchev–Trinajstić information content (AvgIpc) is 2.69. The van der Waals surface area contributed by atoms with Gasteiger partial charge in [0.05, 0.1) is 12.1 Å². The van der Waals surface area contributed by atoms with Crippen LogP contribution in [0.5, 0.6) is 5.75 Å². The van der Waals surface area contributed by atoms with E-state index in [1.807, 2.05) is 41.3 Å². The molecule has 1 aliphatic rings. The molecule has 0 spiro atoms. The van der Waals surface area contributed by atoms with Crippen LogP contribution < -0.4 is 15.0 Å². The highest BCUT2D eigenvalue weighted by molar-refractivity contribution is 6.32. The Hall–Kier alpha value is -2.40. The van der Waals surface area contributed by atoms with Crippen LogP contribution in [0.2, 0.25) is 5.02 Å². The van der Waals surface area contributed by atoms with E-state index < -0.39 is 0 Å². The third kappa shape index (κ3) is 4.61. The maximum Gasteiger partial charge on any atom is 0.224 e. The van der Waals surface area contributed by atoms with Gasteiger partial charge in [-0.2, -0.15) is 0 Å². The van der Waals surface area contributed by atoms with Gasteiger partial charge in [0.2, 0.25) is 5.91 Å². The maximum atomic E-state index is 12.4. The van der Waals surface area contributed by atoms with Crippen molar-refractivity contribution in [3.05, 3.63) is 53.6 Å². The Morgan fingerprint density at radius 2 is 1.85 bits per heavy atom. The molecule has 0 bridgehead atoms. The van der Waals surface area contributed by atoms with Crippen LogP contribution in [0.1, 0.15) is 6.42 Å². The van der Waals surface area contributed by atoms with Gasteiger partial charge in [-0.15, -0.1) is 0 Å². The fourth-order valence-electron chi connectivity index (χ4n) is 3.10. The molecular weight excluding hydrogens is 350 g/mol. The number of nitrogens with zero attached hydrogens (tertiary/aromatic N) is 2. The van der Waals surface area contributed by atoms with Crippen LogP contribution in [0.4, 0.5) is 11.4 Å². The lowest BCUT2D eigenvalue weighted by molar-refractivity contribution is -0.131. The van der Waals surface area contributed by atoms with Crippen molar-refractivity contribution in [3.8, 4) is 5.75 Å². The van der Waals surface area contributed by atoms with Crippen molar-refractivity contribution in [2.24, 2.45) is 0 Å². The fourth-order valence-corrected chi connectivity index (χ4v) is 3.36. The van der Waals surface area contributed by atoms with Crippen molar-refractivity contribution in [2.75, 3.05) is 50.1 Å². The number of hydrogen-bond acceptors (Lipinski definition) is 4. The van der Waals surface area contributed by atoms with E-state index in [1.165, 1.54) is 5.69 Å². The Morgan fingerprint density at radius 3 is 2.50 bits per heavy atom. The Bertz CT molecular complexity index is 731. The molecule has 26 heavy (non-hydrogen) atoms. The Morgan fingerprint density at radius 1 is 1.12 bits per heavy atom. The molecule has 6 heteroatoms. The Labute approximate surface area is 159 Å². The second-order valence-corrected chi connectivity index (χ2v) is 6.64. The van der Waals surface area contributed by atoms with Crippen LogP contribution in [0, 0.1) is 0 Å². The smallest absolute Gasteiger partial charge is 0.224 e. The van der Waals surface area contributed by atoms with Gasteiger partial charge in [0.25, 0.3) is 0 Å². The van der Waals surface area contributed by atoms with Gasteiger partial charge in [-0.05, 0) is 30.3 Å². The summed E-state index contributed by atoms with van der Waals surface area (Å²) >= 11 is 6.11. The van der Waals surface area contributed by atoms with Crippen molar-refractivity contribution in [3.63, 3.8) is 0 Å². The van der Waals surface area contributed by atoms with Gasteiger partial charge >= 0.3 is 0 Å². The summed E-state index contributed by atoms with van der Waals surface area (Å²) in [4.78, 5) is 16.7. The molecule has 0 radical (unpaired) electrons. The molecule has 0 atom stereocenters. The number of anilines is 2. The van der Waals surface area contributed by atoms with E-state index in [-0.39, 0.29) is 5.91 Å². The molecule has 138 valence electrons. The van der Waals surface area contributed by atoms with Crippen molar-refractivity contribution in [2.45, 2.75) is 6.42 Å². The lowest BCUT2D eigenvalue weighted by Crippen LogP contribution is -2.49. The number of para-hydroxylation sites is 1. The van der Waals surface area contributed by atoms with E-state index in [1.54, 1.807) is 7.11 Å². The molecular formula is C20H24ClN3O2. The minimum Gasteiger partial charge on any atom is -0.495 e. The molecule has 1 saturated heterocycles. The summed E-state index contributed by atoms with van der Waals surface area (Å²) in [5.74, 6) is 0.828. The predicted molar refractivity (Wildman–Crippen MR) is 106 cm³/mol. The number of hydrogen-bond donors (Lipinski definition) is 1. The number of halogens is 1. The van der Waals surface area contributed by atoms with Crippen molar-refractivity contribution in [1.29, 1.82) is 0 Å². The minimum atomic E-state index is 0.185. The molecule has 1 aliphatic heterocycles. The molecule has 1 amide bonds. The number of carbonyl (C=O) groups excluding carboxylic acids is 1. The summed E-state index contributed by atoms with van der Waals surface area (Å²) in [6.45, 7) is 3.86. The molecule has 1 fully saturated rings. The summed E-state index contributed by atoms with van der Waals surface area (Å²) in [6, 6.07) is 15.9. The molecule has 3 rings (SSSR count). The second kappa shape index (κ2) is 8.81. The molecule has 1 N–H and O–H groups in total. The van der Waals surface area contributed by atoms with E-state index in [0.29, 0.717) is 23.7 Å². The monoisotopic (exact) mass is 373 g/mol. The average molecular weight is 374 g/mol. The lowest BCUT2D eigenvalue weighted by atomic mass is 10.2. The molecule has 2 aromatic rings. The number of rotatable bonds is 6. The summed E-state index contributed by atoms with van der Waals surface area (Å²) in [6.07, 6.45) is 0.467. The van der Waals surface area contributed by atoms with E-state index in [2.05, 4.69) is 22.3 Å². The predicted octanol–water partition coefficient (Wildman–Crippen LogP) is 3.50. The van der Waals surface area contributed by atoms with Crippen molar-refractivity contribution in [1.82, 2.24) is 4.90 Å². The van der Waals surface area contributed by atoms with Gasteiger partial charge in [-0.1, -0.05) is 29.8 Å². The van der Waals surface area contributed by atoms with E-state index >= 15 is 0 Å². The first-order chi connectivity index (χ1) is 12.7. The highest BCUT2D eigenvalue weighted by Gasteiger charge is 2.20. The number of nitrogens with one attached hydrogen (secondary N) is 1. The zero-order valence-electron chi connectivity index (χ0n) is 15.0. The normalized spacial score (nSPS) is 14.2. The molecule has 0 aliphatic carbocycles. The topological polar surface area (TPSA) is 44.8 Å². The first-order valence-corrected chi connectivity index (χ1v) is 9.20. The molecule has 0 unspecified atom stereocenters. The summed E-state index contributed by atoms with van der Waals surface area (Å²) < 4.78 is 5.14. The largest absolute Gasteiger partial charge is 0.495 e. The van der Waals surface area contributed by atoms with E-state index in [0.717, 1.165) is 31.9 Å². The zero-order chi connectivity index (χ0) is 18.4. The quantitative estimate of drug-likeness (QED) is 0.841. The first kappa shape index (κ1) is 18.4. The van der Waals surface area contributed by atoms with Crippen LogP contribution in [-0.4, -0.2) is 50.6 Å². The maximum absolute atomic E-state index is 12.4. The highest BCUT2D eigenvalue weighted by Crippen LogP contribution is 2.27. The van der Waals surface area contributed by atoms with Crippen LogP contribution in [0.15, 0.2) is 48.5 Å². The molecule has 1 heterocycles. The van der Waals surface area contributed by atoms with E-state index in [4.69, 9.17) is 16.3 Å². The third-order valence-corrected chi connectivity index (χ3v) is 4.87. The van der Waals surface area contributed by atoms with Crippen molar-refractivity contribution >= 4 is 28.9 Å². The van der Waals surface area contributed by atoms with Gasteiger partial charge in [0.1, 0.15) is 5.75 Å². The summed E-state index contributed by atoms with van der Waals surface area (Å²) in [5.41, 5.74) is 2.11. The van der Waals surface area contributed by atoms with Crippen LogP contribution in [-0.2, 0) is 4.79 Å². The first-order valence-electron chi connectivity index (χ1n) is 8.82. The number of piperazine rings is 1. The van der Waals surface area contributed by atoms with Gasteiger partial charge in [-0.3, -0.25) is 4.79 Å². The van der Waals surface area contributed by atoms with Crippen LogP contribution in [0.3, 0.4) is 0 Å². The molecule has 2 aromatic carbocycles. The molecule has 0 aromatic heterocycles. The number of amides is 1. The molecule has 0 saturated carbocycles. The van der Waals surface area contributed by atoms with Crippen molar-refractivity contribution < 1.29 is 9.53 Å². The number of benzene rings is 2. The fraction of sp³-hybridized carbons (Fsp3) is 0.350. The van der Waals surface area contributed by atoms with Crippen LogP contribution >= 0.6 is 11.6 Å². The van der Waals surface area contributed by atoms with Gasteiger partial charge in [0.15, 0.2) is 0 Å². The second-order valence-electron chi connectivity index (χ2n) is 6.23. The SMILES string of the molecule is COc1ccc(NCCC(=O)N2CCN(c3ccccc3)CC2)cc1Cl. The highest BCUT2D eigenvalue weighted by atomic mass is 35.5. The Balaban J connectivity index is 1.42. The number of methoxy groups -OCH3 is 1. The van der Waals surface area contributed by atoms with Gasteiger partial charge in [-0.25, -0.2) is 0 Å². The lowest BCUT2D eigenvalue weighted by Gasteiger charge is -2.36. The minimum absolute atomic E-state index is 0.185. The van der Waals surface area contributed by atoms with E-state index in [9.17, 15) is 4.79 Å². The van der Waals surface area contributed by atoms with Crippen LogP contribution in [0.25, 0.3) is 0 Å².